The number of fused-ring (bicyclic) bond motifs is 1. The summed E-state index contributed by atoms with van der Waals surface area (Å²) < 4.78 is 25.8. The van der Waals surface area contributed by atoms with Crippen molar-refractivity contribution in [3.8, 4) is 0 Å². The predicted octanol–water partition coefficient (Wildman–Crippen LogP) is 1.99. The van der Waals surface area contributed by atoms with Gasteiger partial charge in [0.25, 0.3) is 10.0 Å². The van der Waals surface area contributed by atoms with Crippen LogP contribution < -0.4 is 0 Å². The van der Waals surface area contributed by atoms with Crippen LogP contribution in [-0.4, -0.2) is 8.42 Å². The maximum Gasteiger partial charge on any atom is 0.299 e. The van der Waals surface area contributed by atoms with Crippen LogP contribution in [-0.2, 0) is 16.6 Å². The molecule has 1 aromatic carbocycles. The van der Waals surface area contributed by atoms with E-state index in [1.807, 2.05) is 0 Å². The molecule has 0 spiro atoms. The van der Waals surface area contributed by atoms with Crippen molar-refractivity contribution >= 4 is 21.6 Å². The van der Waals surface area contributed by atoms with E-state index in [2.05, 4.69) is 9.63 Å². The fraction of sp³-hybridized carbons (Fsp3) is 0.143. The van der Waals surface area contributed by atoms with Crippen molar-refractivity contribution < 1.29 is 8.42 Å². The van der Waals surface area contributed by atoms with E-state index in [1.54, 1.807) is 12.1 Å². The van der Waals surface area contributed by atoms with E-state index in [0.717, 1.165) is 0 Å². The van der Waals surface area contributed by atoms with E-state index in [4.69, 9.17) is 11.6 Å². The van der Waals surface area contributed by atoms with Gasteiger partial charge in [0.15, 0.2) is 0 Å². The highest BCUT2D eigenvalue weighted by atomic mass is 35.5. The fourth-order valence-corrected chi connectivity index (χ4v) is 2.40. The largest absolute Gasteiger partial charge is 0.299 e. The number of sulfonamides is 1. The molecule has 0 unspecified atom stereocenters. The van der Waals surface area contributed by atoms with Crippen LogP contribution in [0.3, 0.4) is 0 Å². The van der Waals surface area contributed by atoms with Crippen molar-refractivity contribution in [1.82, 2.24) is 0 Å². The molecule has 0 saturated heterocycles. The molecule has 0 bridgehead atoms. The first-order valence-corrected chi connectivity index (χ1v) is 5.33. The molecule has 4 nitrogen and oxygen atoms in total. The number of hydrogen-bond donors (Lipinski definition) is 0. The lowest BCUT2D eigenvalue weighted by molar-refractivity contribution is 0.589. The van der Waals surface area contributed by atoms with Crippen LogP contribution in [0.5, 0.6) is 0 Å². The summed E-state index contributed by atoms with van der Waals surface area (Å²) in [5.41, 5.74) is 0.638. The third-order valence-corrected chi connectivity index (χ3v) is 3.21. The van der Waals surface area contributed by atoms with Crippen LogP contribution in [0.1, 0.15) is 5.56 Å². The molecular formula is C7H5ClN2O2S. The molecule has 6 heteroatoms. The Balaban J connectivity index is 2.74. The first-order valence-electron chi connectivity index (χ1n) is 3.52. The summed E-state index contributed by atoms with van der Waals surface area (Å²) >= 11 is 5.67. The van der Waals surface area contributed by atoms with Gasteiger partial charge in [0.1, 0.15) is 0 Å². The van der Waals surface area contributed by atoms with Crippen molar-refractivity contribution in [2.24, 2.45) is 9.63 Å². The second-order valence-electron chi connectivity index (χ2n) is 2.61. The number of benzene rings is 1. The molecule has 0 amide bonds. The average molecular weight is 217 g/mol. The van der Waals surface area contributed by atoms with Gasteiger partial charge < -0.3 is 0 Å². The summed E-state index contributed by atoms with van der Waals surface area (Å²) in [6.45, 7) is 0.297. The van der Waals surface area contributed by atoms with Gasteiger partial charge in [-0.1, -0.05) is 22.2 Å². The summed E-state index contributed by atoms with van der Waals surface area (Å²) in [6, 6.07) is 4.68. The number of nitrogens with zero attached hydrogens (tertiary/aromatic N) is 2. The van der Waals surface area contributed by atoms with Gasteiger partial charge in [-0.05, 0) is 17.7 Å². The number of rotatable bonds is 0. The molecule has 13 heavy (non-hydrogen) atoms. The van der Waals surface area contributed by atoms with Crippen molar-refractivity contribution in [2.45, 2.75) is 11.4 Å². The molecule has 1 aliphatic heterocycles. The van der Waals surface area contributed by atoms with Crippen molar-refractivity contribution in [3.63, 3.8) is 0 Å². The minimum absolute atomic E-state index is 0.162. The standard InChI is InChI=1S/C7H5ClN2O2S/c8-6-2-1-5-4-9-10-13(11,12)7(5)3-6/h1-3H,4H2. The Morgan fingerprint density at radius 2 is 2.15 bits per heavy atom. The van der Waals surface area contributed by atoms with Crippen molar-refractivity contribution in [3.05, 3.63) is 28.8 Å². The lowest BCUT2D eigenvalue weighted by Crippen LogP contribution is -2.05. The molecule has 0 aliphatic carbocycles. The number of hydrogen-bond acceptors (Lipinski definition) is 3. The Morgan fingerprint density at radius 1 is 1.38 bits per heavy atom. The van der Waals surface area contributed by atoms with Crippen LogP contribution in [0, 0.1) is 0 Å². The smallest absolute Gasteiger partial charge is 0.198 e. The third kappa shape index (κ3) is 1.45. The summed E-state index contributed by atoms with van der Waals surface area (Å²) in [4.78, 5) is 0.162. The second-order valence-corrected chi connectivity index (χ2v) is 4.60. The molecule has 0 fully saturated rings. The van der Waals surface area contributed by atoms with Crippen LogP contribution in [0.4, 0.5) is 0 Å². The Kier molecular flexibility index (Phi) is 1.85. The molecule has 1 aliphatic rings. The van der Waals surface area contributed by atoms with Gasteiger partial charge in [-0.25, -0.2) is 0 Å². The highest BCUT2D eigenvalue weighted by Gasteiger charge is 2.21. The van der Waals surface area contributed by atoms with E-state index < -0.39 is 10.0 Å². The molecular weight excluding hydrogens is 212 g/mol. The van der Waals surface area contributed by atoms with Crippen LogP contribution in [0.25, 0.3) is 0 Å². The molecule has 0 radical (unpaired) electrons. The highest BCUT2D eigenvalue weighted by Crippen LogP contribution is 2.26. The summed E-state index contributed by atoms with van der Waals surface area (Å²) in [5, 5.41) is 3.88. The average Bonchev–Trinajstić information content (AvgIpc) is 2.06. The topological polar surface area (TPSA) is 58.9 Å². The predicted molar refractivity (Wildman–Crippen MR) is 47.2 cm³/mol. The van der Waals surface area contributed by atoms with Gasteiger partial charge in [0.2, 0.25) is 0 Å². The Labute approximate surface area is 80.3 Å². The van der Waals surface area contributed by atoms with Crippen LogP contribution in [0.2, 0.25) is 5.02 Å². The summed E-state index contributed by atoms with van der Waals surface area (Å²) in [6.07, 6.45) is 0. The van der Waals surface area contributed by atoms with Crippen LogP contribution in [0.15, 0.2) is 32.7 Å². The van der Waals surface area contributed by atoms with Gasteiger partial charge in [0, 0.05) is 5.02 Å². The lowest BCUT2D eigenvalue weighted by Gasteiger charge is -2.08. The van der Waals surface area contributed by atoms with Crippen molar-refractivity contribution in [2.75, 3.05) is 0 Å². The minimum Gasteiger partial charge on any atom is -0.198 e. The quantitative estimate of drug-likeness (QED) is 0.666. The first kappa shape index (κ1) is 8.65. The molecule has 1 heterocycles. The normalized spacial score (nSPS) is 18.2. The third-order valence-electron chi connectivity index (χ3n) is 1.71. The molecule has 0 saturated carbocycles. The minimum atomic E-state index is -3.59. The first-order chi connectivity index (χ1) is 6.09. The van der Waals surface area contributed by atoms with E-state index in [1.165, 1.54) is 6.07 Å². The van der Waals surface area contributed by atoms with Crippen molar-refractivity contribution in [1.29, 1.82) is 0 Å². The van der Waals surface area contributed by atoms with Gasteiger partial charge in [0.05, 0.1) is 11.4 Å². The van der Waals surface area contributed by atoms with E-state index in [-0.39, 0.29) is 4.90 Å². The highest BCUT2D eigenvalue weighted by molar-refractivity contribution is 7.90. The Morgan fingerprint density at radius 3 is 2.92 bits per heavy atom. The fourth-order valence-electron chi connectivity index (χ4n) is 1.12. The second kappa shape index (κ2) is 2.78. The SMILES string of the molecule is O=S1(=O)N=NCc2ccc(Cl)cc21. The molecule has 1 aromatic rings. The lowest BCUT2D eigenvalue weighted by atomic mass is 10.2. The zero-order chi connectivity index (χ0) is 9.47. The Bertz CT molecular complexity index is 481. The van der Waals surface area contributed by atoms with E-state index >= 15 is 0 Å². The van der Waals surface area contributed by atoms with Gasteiger partial charge in [-0.2, -0.15) is 13.5 Å². The zero-order valence-electron chi connectivity index (χ0n) is 6.44. The Hall–Kier alpha value is -0.940. The monoisotopic (exact) mass is 216 g/mol. The van der Waals surface area contributed by atoms with Gasteiger partial charge in [-0.15, -0.1) is 0 Å². The molecule has 2 rings (SSSR count). The summed E-state index contributed by atoms with van der Waals surface area (Å²) in [5.74, 6) is 0. The zero-order valence-corrected chi connectivity index (χ0v) is 8.01. The maximum atomic E-state index is 11.3. The maximum absolute atomic E-state index is 11.3. The molecule has 0 atom stereocenters. The molecule has 0 N–H and O–H groups in total. The van der Waals surface area contributed by atoms with Gasteiger partial charge >= 0.3 is 0 Å². The van der Waals surface area contributed by atoms with Crippen LogP contribution >= 0.6 is 11.6 Å². The van der Waals surface area contributed by atoms with Gasteiger partial charge in [-0.3, -0.25) is 0 Å². The molecule has 68 valence electrons. The van der Waals surface area contributed by atoms with E-state index in [9.17, 15) is 8.42 Å². The van der Waals surface area contributed by atoms with E-state index in [0.29, 0.717) is 17.1 Å². The number of halogens is 1. The summed E-state index contributed by atoms with van der Waals surface area (Å²) in [7, 11) is -3.59. The molecule has 0 aromatic heterocycles.